The van der Waals surface area contributed by atoms with Gasteiger partial charge in [0.25, 0.3) is 5.69 Å². The van der Waals surface area contributed by atoms with Gasteiger partial charge in [-0.15, -0.1) is 0 Å². The zero-order chi connectivity index (χ0) is 7.14. The monoisotopic (exact) mass is 145 g/mol. The summed E-state index contributed by atoms with van der Waals surface area (Å²) in [6, 6.07) is 0. The fourth-order valence-electron chi connectivity index (χ4n) is 1.13. The van der Waals surface area contributed by atoms with Gasteiger partial charge in [-0.2, -0.15) is 0 Å². The summed E-state index contributed by atoms with van der Waals surface area (Å²) in [5.41, 5.74) is -0.0624. The Morgan fingerprint density at radius 2 is 2.60 bits per heavy atom. The number of aromatic amines is 1. The smallest absolute Gasteiger partial charge is 0.283 e. The molecule has 2 rings (SSSR count). The first kappa shape index (κ1) is 5.64. The zero-order valence-corrected chi connectivity index (χ0v) is 5.13. The van der Waals surface area contributed by atoms with E-state index < -0.39 is 11.8 Å². The van der Waals surface area contributed by atoms with E-state index in [1.807, 2.05) is 0 Å². The van der Waals surface area contributed by atoms with Crippen LogP contribution < -0.4 is 10.3 Å². The number of hydrogen-bond donors (Lipinski definition) is 1. The maximum atomic E-state index is 12.5. The minimum Gasteiger partial charge on any atom is -0.283 e. The van der Waals surface area contributed by atoms with Crippen LogP contribution in [-0.2, 0) is 13.0 Å². The largest absolute Gasteiger partial charge is 0.430 e. The van der Waals surface area contributed by atoms with Gasteiger partial charge < -0.3 is 0 Å². The van der Waals surface area contributed by atoms with Gasteiger partial charge in [0.15, 0.2) is 6.17 Å². The summed E-state index contributed by atoms with van der Waals surface area (Å²) < 4.78 is 18.3. The first-order valence-electron chi connectivity index (χ1n) is 3.01. The topological polar surface area (TPSA) is 49.9 Å². The lowest BCUT2D eigenvalue weighted by Crippen LogP contribution is -2.36. The molecular formula is C5H6FN2O2+. The van der Waals surface area contributed by atoms with Crippen molar-refractivity contribution < 1.29 is 13.6 Å². The van der Waals surface area contributed by atoms with E-state index in [-0.39, 0.29) is 13.0 Å². The Balaban J connectivity index is 2.53. The van der Waals surface area contributed by atoms with Crippen LogP contribution in [0.2, 0.25) is 0 Å². The van der Waals surface area contributed by atoms with Gasteiger partial charge in [-0.05, 0) is 5.27 Å². The van der Waals surface area contributed by atoms with Gasteiger partial charge in [-0.25, -0.2) is 9.18 Å². The molecule has 0 unspecified atom stereocenters. The van der Waals surface area contributed by atoms with Crippen LogP contribution in [0.25, 0.3) is 0 Å². The van der Waals surface area contributed by atoms with Crippen molar-refractivity contribution >= 4 is 0 Å². The van der Waals surface area contributed by atoms with Crippen LogP contribution in [-0.4, -0.2) is 11.4 Å². The third-order valence-corrected chi connectivity index (χ3v) is 1.61. The molecule has 1 aromatic rings. The third kappa shape index (κ3) is 0.600. The number of hydrogen-bond acceptors (Lipinski definition) is 2. The maximum absolute atomic E-state index is 12.5. The van der Waals surface area contributed by atoms with Crippen molar-refractivity contribution in [3.05, 3.63) is 16.1 Å². The van der Waals surface area contributed by atoms with Gasteiger partial charge in [0.1, 0.15) is 0 Å². The summed E-state index contributed by atoms with van der Waals surface area (Å²) in [6.07, 6.45) is -0.762. The van der Waals surface area contributed by atoms with Gasteiger partial charge >= 0.3 is 5.63 Å². The molecule has 4 nitrogen and oxygen atoms in total. The van der Waals surface area contributed by atoms with Gasteiger partial charge in [0, 0.05) is 0 Å². The first-order chi connectivity index (χ1) is 4.77. The van der Waals surface area contributed by atoms with Crippen molar-refractivity contribution in [2.24, 2.45) is 0 Å². The second-order valence-corrected chi connectivity index (χ2v) is 2.34. The number of nitrogens with zero attached hydrogens (tertiary/aromatic N) is 1. The SMILES string of the molecule is O=c1o[nH][n+]2c1C[C@H](F)C2. The molecule has 0 spiro atoms. The molecule has 10 heavy (non-hydrogen) atoms. The highest BCUT2D eigenvalue weighted by Crippen LogP contribution is 2.04. The molecule has 54 valence electrons. The standard InChI is InChI=1S/C5H5FN2O2/c6-3-1-4-5(9)10-7-8(4)2-3/h3H,1-2H2/p+1/t3-/m0/s1. The first-order valence-corrected chi connectivity index (χ1v) is 3.01. The van der Waals surface area contributed by atoms with Crippen LogP contribution in [0, 0.1) is 0 Å². The molecule has 1 aliphatic heterocycles. The fraction of sp³-hybridized carbons (Fsp3) is 0.600. The quantitative estimate of drug-likeness (QED) is 0.483. The Morgan fingerprint density at radius 1 is 1.80 bits per heavy atom. The van der Waals surface area contributed by atoms with Crippen LogP contribution in [0.3, 0.4) is 0 Å². The van der Waals surface area contributed by atoms with E-state index in [2.05, 4.69) is 9.79 Å². The van der Waals surface area contributed by atoms with Crippen molar-refractivity contribution in [2.75, 3.05) is 0 Å². The highest BCUT2D eigenvalue weighted by Gasteiger charge is 2.34. The summed E-state index contributed by atoms with van der Waals surface area (Å²) in [5, 5.41) is 2.31. The Hall–Kier alpha value is -1.13. The number of rotatable bonds is 0. The lowest BCUT2D eigenvalue weighted by atomic mass is 10.3. The van der Waals surface area contributed by atoms with Crippen LogP contribution in [0.15, 0.2) is 9.32 Å². The lowest BCUT2D eigenvalue weighted by molar-refractivity contribution is -0.759. The Labute approximate surface area is 55.2 Å². The molecule has 0 aromatic carbocycles. The molecule has 0 amide bonds. The number of alkyl halides is 1. The molecule has 0 saturated heterocycles. The van der Waals surface area contributed by atoms with Gasteiger partial charge in [0.05, 0.1) is 6.42 Å². The van der Waals surface area contributed by atoms with Gasteiger partial charge in [-0.3, -0.25) is 4.52 Å². The second-order valence-electron chi connectivity index (χ2n) is 2.34. The predicted octanol–water partition coefficient (Wildman–Crippen LogP) is -0.850. The van der Waals surface area contributed by atoms with Crippen molar-refractivity contribution in [3.8, 4) is 0 Å². The van der Waals surface area contributed by atoms with Crippen LogP contribution in [0.4, 0.5) is 4.39 Å². The van der Waals surface area contributed by atoms with Crippen LogP contribution in [0.1, 0.15) is 5.69 Å². The number of halogens is 1. The normalized spacial score (nSPS) is 23.1. The molecule has 0 fully saturated rings. The summed E-state index contributed by atoms with van der Waals surface area (Å²) in [7, 11) is 0. The van der Waals surface area contributed by atoms with E-state index in [4.69, 9.17) is 0 Å². The maximum Gasteiger partial charge on any atom is 0.430 e. The minimum atomic E-state index is -0.935. The van der Waals surface area contributed by atoms with E-state index in [0.717, 1.165) is 0 Å². The minimum absolute atomic E-state index is 0.172. The molecule has 0 radical (unpaired) electrons. The molecule has 5 heteroatoms. The van der Waals surface area contributed by atoms with E-state index in [1.165, 1.54) is 4.68 Å². The summed E-state index contributed by atoms with van der Waals surface area (Å²) >= 11 is 0. The molecule has 1 aliphatic rings. The van der Waals surface area contributed by atoms with Gasteiger partial charge in [-0.1, -0.05) is 4.68 Å². The highest BCUT2D eigenvalue weighted by atomic mass is 19.1. The predicted molar refractivity (Wildman–Crippen MR) is 28.1 cm³/mol. The molecule has 1 aromatic heterocycles. The number of fused-ring (bicyclic) bond motifs is 1. The average Bonchev–Trinajstić information content (AvgIpc) is 2.35. The van der Waals surface area contributed by atoms with Crippen molar-refractivity contribution in [1.29, 1.82) is 0 Å². The summed E-state index contributed by atoms with van der Waals surface area (Å²) in [5.74, 6) is 0. The Kier molecular flexibility index (Phi) is 0.947. The van der Waals surface area contributed by atoms with E-state index >= 15 is 0 Å². The Morgan fingerprint density at radius 3 is 3.30 bits per heavy atom. The number of H-pyrrole nitrogens is 1. The third-order valence-electron chi connectivity index (χ3n) is 1.61. The molecule has 1 N–H and O–H groups in total. The molecule has 1 atom stereocenters. The average molecular weight is 145 g/mol. The molecule has 2 heterocycles. The van der Waals surface area contributed by atoms with Crippen molar-refractivity contribution in [2.45, 2.75) is 19.1 Å². The molecular weight excluding hydrogens is 139 g/mol. The molecule has 0 saturated carbocycles. The van der Waals surface area contributed by atoms with Crippen molar-refractivity contribution in [3.63, 3.8) is 0 Å². The van der Waals surface area contributed by atoms with Crippen LogP contribution >= 0.6 is 0 Å². The highest BCUT2D eigenvalue weighted by molar-refractivity contribution is 4.88. The van der Waals surface area contributed by atoms with E-state index in [0.29, 0.717) is 5.69 Å². The van der Waals surface area contributed by atoms with E-state index in [1.54, 1.807) is 0 Å². The Bertz CT molecular complexity index is 303. The summed E-state index contributed by atoms with van der Waals surface area (Å²) in [4.78, 5) is 10.7. The van der Waals surface area contributed by atoms with Gasteiger partial charge in [0.2, 0.25) is 6.54 Å². The number of nitrogens with one attached hydrogen (secondary N) is 1. The molecule has 0 bridgehead atoms. The number of aromatic nitrogens is 2. The van der Waals surface area contributed by atoms with Crippen LogP contribution in [0.5, 0.6) is 0 Å². The summed E-state index contributed by atoms with van der Waals surface area (Å²) in [6.45, 7) is 0.209. The van der Waals surface area contributed by atoms with Crippen molar-refractivity contribution in [1.82, 2.24) is 5.27 Å². The van der Waals surface area contributed by atoms with E-state index in [9.17, 15) is 9.18 Å². The molecule has 0 aliphatic carbocycles. The fourth-order valence-corrected chi connectivity index (χ4v) is 1.13. The zero-order valence-electron chi connectivity index (χ0n) is 5.13. The second kappa shape index (κ2) is 1.68. The lowest BCUT2D eigenvalue weighted by Gasteiger charge is -1.82.